The second kappa shape index (κ2) is 10.0. The lowest BCUT2D eigenvalue weighted by Gasteiger charge is -2.10. The smallest absolute Gasteiger partial charge is 0.313 e. The first kappa shape index (κ1) is 23.6. The van der Waals surface area contributed by atoms with Crippen LogP contribution in [0.4, 0.5) is 5.69 Å². The second-order valence-corrected chi connectivity index (χ2v) is 8.20. The quantitative estimate of drug-likeness (QED) is 0.144. The average molecular weight is 522 g/mol. The van der Waals surface area contributed by atoms with Gasteiger partial charge in [-0.25, -0.2) is 4.98 Å². The Morgan fingerprint density at radius 3 is 2.78 bits per heavy atom. The van der Waals surface area contributed by atoms with Gasteiger partial charge in [0, 0.05) is 34.5 Å². The summed E-state index contributed by atoms with van der Waals surface area (Å²) < 4.78 is 6.91. The number of hydrogen-bond acceptors (Lipinski definition) is 7. The van der Waals surface area contributed by atoms with Gasteiger partial charge in [-0.05, 0) is 30.7 Å². The van der Waals surface area contributed by atoms with Crippen LogP contribution < -0.4 is 10.3 Å². The molecule has 0 radical (unpaired) electrons. The summed E-state index contributed by atoms with van der Waals surface area (Å²) in [5.74, 6) is -0.619. The third-order valence-electron chi connectivity index (χ3n) is 4.45. The highest BCUT2D eigenvalue weighted by molar-refractivity contribution is 9.10. The Balaban J connectivity index is 2.21. The van der Waals surface area contributed by atoms with E-state index in [1.54, 1.807) is 18.2 Å². The molecule has 0 aliphatic carbocycles. The van der Waals surface area contributed by atoms with Gasteiger partial charge in [-0.15, -0.1) is 0 Å². The Bertz CT molecular complexity index is 1310. The maximum Gasteiger partial charge on any atom is 0.313 e. The fourth-order valence-electron chi connectivity index (χ4n) is 3.02. The van der Waals surface area contributed by atoms with E-state index >= 15 is 0 Å². The zero-order chi connectivity index (χ0) is 23.4. The average Bonchev–Trinajstić information content (AvgIpc) is 2.73. The van der Waals surface area contributed by atoms with Gasteiger partial charge in [-0.2, -0.15) is 9.78 Å². The van der Waals surface area contributed by atoms with Crippen LogP contribution in [0.5, 0.6) is 5.75 Å². The van der Waals surface area contributed by atoms with E-state index in [1.807, 2.05) is 6.92 Å². The lowest BCUT2D eigenvalue weighted by atomic mass is 10.2. The molecule has 0 bridgehead atoms. The van der Waals surface area contributed by atoms with Crippen molar-refractivity contribution in [2.75, 3.05) is 0 Å². The van der Waals surface area contributed by atoms with Crippen molar-refractivity contribution in [1.82, 2.24) is 9.66 Å². The van der Waals surface area contributed by atoms with Crippen molar-refractivity contribution in [2.45, 2.75) is 33.1 Å². The number of halogens is 2. The zero-order valence-corrected chi connectivity index (χ0v) is 19.5. The summed E-state index contributed by atoms with van der Waals surface area (Å²) in [5, 5.41) is 16.1. The van der Waals surface area contributed by atoms with Gasteiger partial charge in [0.2, 0.25) is 5.75 Å². The minimum atomic E-state index is -0.747. The summed E-state index contributed by atoms with van der Waals surface area (Å²) in [6.07, 6.45) is 3.36. The minimum Gasteiger partial charge on any atom is -0.419 e. The molecule has 0 saturated heterocycles. The van der Waals surface area contributed by atoms with E-state index in [0.717, 1.165) is 30.5 Å². The third kappa shape index (κ3) is 5.20. The first-order chi connectivity index (χ1) is 15.2. The van der Waals surface area contributed by atoms with Crippen LogP contribution in [0, 0.1) is 10.1 Å². The number of nitro groups is 1. The number of nitro benzene ring substituents is 1. The Morgan fingerprint density at radius 1 is 1.38 bits per heavy atom. The highest BCUT2D eigenvalue weighted by Gasteiger charge is 2.22. The molecule has 11 heteroatoms. The highest BCUT2D eigenvalue weighted by Crippen LogP contribution is 2.34. The summed E-state index contributed by atoms with van der Waals surface area (Å²) in [6, 6.07) is 7.62. The number of hydrogen-bond donors (Lipinski definition) is 0. The second-order valence-electron chi connectivity index (χ2n) is 6.85. The Hall–Kier alpha value is -3.11. The van der Waals surface area contributed by atoms with Gasteiger partial charge >= 0.3 is 11.7 Å². The molecule has 3 aromatic rings. The molecule has 2 aromatic carbocycles. The first-order valence-corrected chi connectivity index (χ1v) is 10.8. The van der Waals surface area contributed by atoms with E-state index in [-0.39, 0.29) is 16.3 Å². The monoisotopic (exact) mass is 520 g/mol. The van der Waals surface area contributed by atoms with E-state index < -0.39 is 22.1 Å². The molecule has 0 fully saturated rings. The standard InChI is InChI=1S/C21H18BrClN4O5/c1-3-4-5-19-25-17-7-6-14(22)9-16(17)21(29)26(19)24-11-13-8-15(23)10-18(27(30)31)20(13)32-12(2)28/h6-11H,3-5H2,1-2H3. The van der Waals surface area contributed by atoms with Crippen molar-refractivity contribution < 1.29 is 14.5 Å². The molecule has 0 amide bonds. The number of carbonyl (C=O) groups is 1. The van der Waals surface area contributed by atoms with Crippen LogP contribution in [0.2, 0.25) is 5.02 Å². The molecule has 0 spiro atoms. The molecule has 32 heavy (non-hydrogen) atoms. The number of benzene rings is 2. The van der Waals surface area contributed by atoms with Crippen molar-refractivity contribution >= 4 is 56.3 Å². The molecule has 1 aromatic heterocycles. The van der Waals surface area contributed by atoms with Gasteiger partial charge in [0.05, 0.1) is 22.0 Å². The summed E-state index contributed by atoms with van der Waals surface area (Å²) in [6.45, 7) is 3.14. The van der Waals surface area contributed by atoms with Gasteiger partial charge in [-0.3, -0.25) is 19.7 Å². The van der Waals surface area contributed by atoms with E-state index in [9.17, 15) is 19.7 Å². The number of carbonyl (C=O) groups excluding carboxylic acids is 1. The van der Waals surface area contributed by atoms with Gasteiger partial charge in [-0.1, -0.05) is 40.9 Å². The van der Waals surface area contributed by atoms with Gasteiger partial charge in [0.25, 0.3) is 5.56 Å². The predicted molar refractivity (Wildman–Crippen MR) is 125 cm³/mol. The summed E-state index contributed by atoms with van der Waals surface area (Å²) in [7, 11) is 0. The first-order valence-electron chi connectivity index (χ1n) is 9.63. The fraction of sp³-hybridized carbons (Fsp3) is 0.238. The summed E-state index contributed by atoms with van der Waals surface area (Å²) >= 11 is 9.37. The molecule has 0 aliphatic heterocycles. The van der Waals surface area contributed by atoms with Crippen molar-refractivity contribution in [2.24, 2.45) is 5.10 Å². The summed E-state index contributed by atoms with van der Waals surface area (Å²) in [4.78, 5) is 40.0. The molecule has 0 aliphatic rings. The van der Waals surface area contributed by atoms with Crippen molar-refractivity contribution in [3.8, 4) is 5.75 Å². The molecular weight excluding hydrogens is 504 g/mol. The number of esters is 1. The van der Waals surface area contributed by atoms with Crippen molar-refractivity contribution in [3.63, 3.8) is 0 Å². The zero-order valence-electron chi connectivity index (χ0n) is 17.2. The summed E-state index contributed by atoms with van der Waals surface area (Å²) in [5.41, 5.74) is -0.283. The van der Waals surface area contributed by atoms with Crippen LogP contribution in [0.1, 0.15) is 38.1 Å². The van der Waals surface area contributed by atoms with Crippen LogP contribution >= 0.6 is 27.5 Å². The van der Waals surface area contributed by atoms with Gasteiger partial charge in [0.15, 0.2) is 0 Å². The lowest BCUT2D eigenvalue weighted by molar-refractivity contribution is -0.385. The van der Waals surface area contributed by atoms with E-state index in [0.29, 0.717) is 27.6 Å². The number of fused-ring (bicyclic) bond motifs is 1. The van der Waals surface area contributed by atoms with Gasteiger partial charge in [0.1, 0.15) is 5.82 Å². The number of rotatable bonds is 7. The van der Waals surface area contributed by atoms with Crippen molar-refractivity contribution in [3.05, 3.63) is 71.7 Å². The largest absolute Gasteiger partial charge is 0.419 e. The topological polar surface area (TPSA) is 117 Å². The molecule has 166 valence electrons. The Kier molecular flexibility index (Phi) is 7.37. The number of nitrogens with zero attached hydrogens (tertiary/aromatic N) is 4. The molecule has 0 N–H and O–H groups in total. The normalized spacial score (nSPS) is 11.2. The lowest BCUT2D eigenvalue weighted by Crippen LogP contribution is -2.22. The maximum absolute atomic E-state index is 13.2. The van der Waals surface area contributed by atoms with Crippen LogP contribution in [-0.2, 0) is 11.2 Å². The van der Waals surface area contributed by atoms with E-state index in [4.69, 9.17) is 16.3 Å². The molecule has 9 nitrogen and oxygen atoms in total. The number of ether oxygens (including phenoxy) is 1. The van der Waals surface area contributed by atoms with Crippen LogP contribution in [0.25, 0.3) is 10.9 Å². The number of aromatic nitrogens is 2. The number of aryl methyl sites for hydroxylation is 1. The van der Waals surface area contributed by atoms with Crippen LogP contribution in [0.3, 0.4) is 0 Å². The molecule has 1 heterocycles. The predicted octanol–water partition coefficient (Wildman–Crippen LogP) is 4.87. The SMILES string of the molecule is CCCCc1nc2ccc(Br)cc2c(=O)n1N=Cc1cc(Cl)cc([N+](=O)[O-])c1OC(C)=O. The number of unbranched alkanes of at least 4 members (excludes halogenated alkanes) is 1. The van der Waals surface area contributed by atoms with E-state index in [2.05, 4.69) is 26.0 Å². The molecular formula is C21H18BrClN4O5. The maximum atomic E-state index is 13.2. The molecule has 3 rings (SSSR count). The molecule has 0 unspecified atom stereocenters. The Morgan fingerprint density at radius 2 is 2.12 bits per heavy atom. The Labute approximate surface area is 195 Å². The van der Waals surface area contributed by atoms with E-state index in [1.165, 1.54) is 12.3 Å². The molecule has 0 saturated carbocycles. The van der Waals surface area contributed by atoms with Crippen LogP contribution in [-0.4, -0.2) is 26.8 Å². The third-order valence-corrected chi connectivity index (χ3v) is 5.16. The van der Waals surface area contributed by atoms with Gasteiger partial charge < -0.3 is 4.74 Å². The fourth-order valence-corrected chi connectivity index (χ4v) is 3.60. The highest BCUT2D eigenvalue weighted by atomic mass is 79.9. The van der Waals surface area contributed by atoms with Crippen molar-refractivity contribution in [1.29, 1.82) is 0 Å². The minimum absolute atomic E-state index is 0.0492. The van der Waals surface area contributed by atoms with Crippen LogP contribution in [0.15, 0.2) is 44.7 Å². The molecule has 0 atom stereocenters.